The maximum atomic E-state index is 12.4. The van der Waals surface area contributed by atoms with Gasteiger partial charge in [0, 0.05) is 42.0 Å². The lowest BCUT2D eigenvalue weighted by molar-refractivity contribution is 0.0827. The molecule has 0 aliphatic carbocycles. The Morgan fingerprint density at radius 1 is 1.13 bits per heavy atom. The van der Waals surface area contributed by atoms with Gasteiger partial charge in [-0.05, 0) is 54.4 Å². The lowest BCUT2D eigenvalue weighted by Crippen LogP contribution is -2.21. The molecule has 1 aliphatic rings. The highest BCUT2D eigenvalue weighted by molar-refractivity contribution is 6.31. The second-order valence-corrected chi connectivity index (χ2v) is 7.83. The first-order chi connectivity index (χ1) is 14.4. The largest absolute Gasteiger partial charge is 0.487 e. The number of aromatic nitrogens is 1. The Kier molecular flexibility index (Phi) is 5.55. The minimum atomic E-state index is -0.0538. The maximum absolute atomic E-state index is 12.4. The Labute approximate surface area is 181 Å². The predicted octanol–water partition coefficient (Wildman–Crippen LogP) is 4.79. The molecule has 152 valence electrons. The molecule has 1 aliphatic heterocycles. The van der Waals surface area contributed by atoms with Gasteiger partial charge < -0.3 is 9.64 Å². The number of nitrogens with zero attached hydrogens (tertiary/aromatic N) is 3. The normalized spacial score (nSPS) is 12.3. The van der Waals surface area contributed by atoms with Crippen LogP contribution < -0.4 is 4.74 Å². The molecule has 30 heavy (non-hydrogen) atoms. The Morgan fingerprint density at radius 2 is 1.97 bits per heavy atom. The fraction of sp³-hybridized carbons (Fsp3) is 0.208. The number of aryl methyl sites for hydroxylation is 1. The van der Waals surface area contributed by atoms with Crippen molar-refractivity contribution >= 4 is 23.2 Å². The summed E-state index contributed by atoms with van der Waals surface area (Å²) in [5.74, 6) is 0.647. The third-order valence-electron chi connectivity index (χ3n) is 5.07. The van der Waals surface area contributed by atoms with E-state index in [1.807, 2.05) is 49.4 Å². The van der Waals surface area contributed by atoms with Crippen LogP contribution in [-0.2, 0) is 6.54 Å². The zero-order valence-corrected chi connectivity index (χ0v) is 17.9. The minimum absolute atomic E-state index is 0.0538. The molecule has 1 aromatic heterocycles. The van der Waals surface area contributed by atoms with E-state index in [-0.39, 0.29) is 5.91 Å². The third kappa shape index (κ3) is 3.94. The number of carbonyl (C=O) groups excluding carboxylic acids is 1. The quantitative estimate of drug-likeness (QED) is 0.597. The second kappa shape index (κ2) is 8.28. The molecule has 0 fully saturated rings. The van der Waals surface area contributed by atoms with Crippen LogP contribution in [0.1, 0.15) is 27.2 Å². The highest BCUT2D eigenvalue weighted by Crippen LogP contribution is 2.35. The molecule has 0 saturated carbocycles. The summed E-state index contributed by atoms with van der Waals surface area (Å²) in [5, 5.41) is 0.648. The number of halogens is 1. The molecular formula is C24H22ClN3O2. The van der Waals surface area contributed by atoms with Crippen LogP contribution in [0.5, 0.6) is 5.75 Å². The third-order valence-corrected chi connectivity index (χ3v) is 5.48. The monoisotopic (exact) mass is 419 g/mol. The predicted molar refractivity (Wildman–Crippen MR) is 120 cm³/mol. The van der Waals surface area contributed by atoms with Crippen molar-refractivity contribution < 1.29 is 9.53 Å². The number of carbonyl (C=O) groups is 1. The smallest absolute Gasteiger partial charge is 0.253 e. The highest BCUT2D eigenvalue weighted by atomic mass is 35.5. The van der Waals surface area contributed by atoms with E-state index < -0.39 is 0 Å². The van der Waals surface area contributed by atoms with Gasteiger partial charge in [0.05, 0.1) is 18.0 Å². The average Bonchev–Trinajstić information content (AvgIpc) is 3.17. The Hall–Kier alpha value is -3.18. The van der Waals surface area contributed by atoms with Crippen molar-refractivity contribution in [3.05, 3.63) is 82.1 Å². The summed E-state index contributed by atoms with van der Waals surface area (Å²) in [6, 6.07) is 15.2. The number of aliphatic imine (C=N–C) groups is 1. The molecule has 3 aromatic rings. The Bertz CT molecular complexity index is 1150. The van der Waals surface area contributed by atoms with Gasteiger partial charge >= 0.3 is 0 Å². The molecule has 2 aromatic carbocycles. The standard InChI is InChI=1S/C24H22ClN3O2/c1-15-10-23(30-14-22-18-8-5-9-26-21(18)13-27-22)19(12-20(15)25)16-6-4-7-17(11-16)24(29)28(2)3/h4-12H,13-14H2,1-3H3. The Morgan fingerprint density at radius 3 is 2.77 bits per heavy atom. The van der Waals surface area contributed by atoms with Gasteiger partial charge in [0.1, 0.15) is 12.4 Å². The van der Waals surface area contributed by atoms with E-state index in [1.165, 1.54) is 0 Å². The summed E-state index contributed by atoms with van der Waals surface area (Å²) < 4.78 is 6.20. The van der Waals surface area contributed by atoms with Crippen molar-refractivity contribution in [3.63, 3.8) is 0 Å². The van der Waals surface area contributed by atoms with Gasteiger partial charge in [-0.2, -0.15) is 0 Å². The number of pyridine rings is 1. The van der Waals surface area contributed by atoms with Gasteiger partial charge in [-0.3, -0.25) is 14.8 Å². The lowest BCUT2D eigenvalue weighted by atomic mass is 10.00. The van der Waals surface area contributed by atoms with Gasteiger partial charge in [0.25, 0.3) is 5.91 Å². The van der Waals surface area contributed by atoms with E-state index in [2.05, 4.69) is 9.98 Å². The van der Waals surface area contributed by atoms with Crippen molar-refractivity contribution in [3.8, 4) is 16.9 Å². The molecular weight excluding hydrogens is 398 g/mol. The van der Waals surface area contributed by atoms with Gasteiger partial charge in [-0.25, -0.2) is 0 Å². The summed E-state index contributed by atoms with van der Waals surface area (Å²) in [5.41, 5.74) is 6.13. The Balaban J connectivity index is 1.66. The number of ether oxygens (including phenoxy) is 1. The molecule has 0 unspecified atom stereocenters. The summed E-state index contributed by atoms with van der Waals surface area (Å²) in [6.45, 7) is 2.86. The number of hydrogen-bond acceptors (Lipinski definition) is 4. The molecule has 0 saturated heterocycles. The molecule has 6 heteroatoms. The average molecular weight is 420 g/mol. The maximum Gasteiger partial charge on any atom is 0.253 e. The van der Waals surface area contributed by atoms with Crippen LogP contribution in [0.4, 0.5) is 0 Å². The molecule has 4 rings (SSSR count). The van der Waals surface area contributed by atoms with Crippen molar-refractivity contribution in [1.82, 2.24) is 9.88 Å². The van der Waals surface area contributed by atoms with Gasteiger partial charge in [-0.1, -0.05) is 23.7 Å². The van der Waals surface area contributed by atoms with Crippen molar-refractivity contribution in [1.29, 1.82) is 0 Å². The molecule has 5 nitrogen and oxygen atoms in total. The second-order valence-electron chi connectivity index (χ2n) is 7.43. The van der Waals surface area contributed by atoms with Crippen molar-refractivity contribution in [2.75, 3.05) is 20.7 Å². The molecule has 0 bridgehead atoms. The van der Waals surface area contributed by atoms with E-state index in [0.29, 0.717) is 29.5 Å². The fourth-order valence-corrected chi connectivity index (χ4v) is 3.59. The molecule has 1 amide bonds. The number of benzene rings is 2. The first-order valence-corrected chi connectivity index (χ1v) is 10.0. The summed E-state index contributed by atoms with van der Waals surface area (Å²) in [7, 11) is 3.47. The van der Waals surface area contributed by atoms with E-state index >= 15 is 0 Å². The van der Waals surface area contributed by atoms with E-state index in [1.54, 1.807) is 31.3 Å². The van der Waals surface area contributed by atoms with E-state index in [4.69, 9.17) is 16.3 Å². The van der Waals surface area contributed by atoms with Crippen LogP contribution >= 0.6 is 11.6 Å². The van der Waals surface area contributed by atoms with Crippen LogP contribution in [-0.4, -0.2) is 42.2 Å². The van der Waals surface area contributed by atoms with Crippen LogP contribution in [0.3, 0.4) is 0 Å². The topological polar surface area (TPSA) is 54.8 Å². The molecule has 0 N–H and O–H groups in total. The van der Waals surface area contributed by atoms with Gasteiger partial charge in [0.15, 0.2) is 0 Å². The first-order valence-electron chi connectivity index (χ1n) is 9.66. The summed E-state index contributed by atoms with van der Waals surface area (Å²) in [4.78, 5) is 22.9. The molecule has 0 spiro atoms. The van der Waals surface area contributed by atoms with Crippen LogP contribution in [0.15, 0.2) is 59.7 Å². The first kappa shape index (κ1) is 20.1. The molecule has 2 heterocycles. The van der Waals surface area contributed by atoms with E-state index in [9.17, 15) is 4.79 Å². The van der Waals surface area contributed by atoms with E-state index in [0.717, 1.165) is 33.7 Å². The molecule has 0 radical (unpaired) electrons. The summed E-state index contributed by atoms with van der Waals surface area (Å²) >= 11 is 6.42. The number of amides is 1. The zero-order valence-electron chi connectivity index (χ0n) is 17.1. The van der Waals surface area contributed by atoms with Gasteiger partial charge in [0.2, 0.25) is 0 Å². The highest BCUT2D eigenvalue weighted by Gasteiger charge is 2.19. The van der Waals surface area contributed by atoms with Gasteiger partial charge in [-0.15, -0.1) is 0 Å². The molecule has 0 atom stereocenters. The fourth-order valence-electron chi connectivity index (χ4n) is 3.43. The van der Waals surface area contributed by atoms with Crippen LogP contribution in [0, 0.1) is 6.92 Å². The number of hydrogen-bond donors (Lipinski definition) is 0. The van der Waals surface area contributed by atoms with Crippen LogP contribution in [0.25, 0.3) is 11.1 Å². The minimum Gasteiger partial charge on any atom is -0.487 e. The number of rotatable bonds is 5. The lowest BCUT2D eigenvalue weighted by Gasteiger charge is -2.16. The summed E-state index contributed by atoms with van der Waals surface area (Å²) in [6.07, 6.45) is 1.78. The SMILES string of the molecule is Cc1cc(OCC2=NCc3ncccc32)c(-c2cccc(C(=O)N(C)C)c2)cc1Cl. The van der Waals surface area contributed by atoms with Crippen molar-refractivity contribution in [2.45, 2.75) is 13.5 Å². The number of fused-ring (bicyclic) bond motifs is 1. The van der Waals surface area contributed by atoms with Crippen LogP contribution in [0.2, 0.25) is 5.02 Å². The zero-order chi connectivity index (χ0) is 21.3. The van der Waals surface area contributed by atoms with Crippen molar-refractivity contribution in [2.24, 2.45) is 4.99 Å².